The van der Waals surface area contributed by atoms with Crippen LogP contribution in [0.4, 0.5) is 0 Å². The lowest BCUT2D eigenvalue weighted by molar-refractivity contribution is -0.167. The number of rotatable bonds is 7. The molecule has 0 spiro atoms. The molecular weight excluding hydrogens is 316 g/mol. The molecule has 0 saturated heterocycles. The summed E-state index contributed by atoms with van der Waals surface area (Å²) in [4.78, 5) is 24.0. The van der Waals surface area contributed by atoms with Gasteiger partial charge in [0.2, 0.25) is 0 Å². The van der Waals surface area contributed by atoms with Crippen LogP contribution in [0.25, 0.3) is 0 Å². The Labute approximate surface area is 150 Å². The summed E-state index contributed by atoms with van der Waals surface area (Å²) in [5.41, 5.74) is -1.59. The molecule has 4 nitrogen and oxygen atoms in total. The van der Waals surface area contributed by atoms with E-state index in [9.17, 15) is 19.8 Å². The van der Waals surface area contributed by atoms with E-state index in [1.807, 2.05) is 0 Å². The van der Waals surface area contributed by atoms with Gasteiger partial charge in [-0.05, 0) is 92.8 Å². The summed E-state index contributed by atoms with van der Waals surface area (Å²) in [6.45, 7) is 1.74. The summed E-state index contributed by atoms with van der Waals surface area (Å²) in [6.07, 6.45) is 10.8. The zero-order valence-corrected chi connectivity index (χ0v) is 15.3. The van der Waals surface area contributed by atoms with Crippen molar-refractivity contribution >= 4 is 11.9 Å². The van der Waals surface area contributed by atoms with E-state index < -0.39 is 17.4 Å². The Kier molecular flexibility index (Phi) is 4.36. The number of fused-ring (bicyclic) bond motifs is 4. The van der Waals surface area contributed by atoms with Gasteiger partial charge in [-0.25, -0.2) is 0 Å². The summed E-state index contributed by atoms with van der Waals surface area (Å²) < 4.78 is 0. The SMILES string of the molecule is CCC(CC(C1CC2CCC1C2)C1CC2CCC1C2)(C(=O)O)C(=O)O. The second kappa shape index (κ2) is 6.28. The molecule has 0 amide bonds. The van der Waals surface area contributed by atoms with Crippen molar-refractivity contribution in [1.29, 1.82) is 0 Å². The average molecular weight is 348 g/mol. The van der Waals surface area contributed by atoms with E-state index in [-0.39, 0.29) is 6.42 Å². The fourth-order valence-corrected chi connectivity index (χ4v) is 7.37. The molecule has 0 radical (unpaired) electrons. The van der Waals surface area contributed by atoms with Crippen molar-refractivity contribution in [3.8, 4) is 0 Å². The van der Waals surface area contributed by atoms with Gasteiger partial charge in [0.25, 0.3) is 0 Å². The first-order valence-corrected chi connectivity index (χ1v) is 10.4. The average Bonchev–Trinajstić information content (AvgIpc) is 3.36. The lowest BCUT2D eigenvalue weighted by Gasteiger charge is -2.41. The maximum absolute atomic E-state index is 12.0. The van der Waals surface area contributed by atoms with Gasteiger partial charge in [-0.1, -0.05) is 19.8 Å². The number of carboxylic acids is 2. The molecule has 0 aromatic heterocycles. The van der Waals surface area contributed by atoms with E-state index in [1.54, 1.807) is 6.92 Å². The van der Waals surface area contributed by atoms with Gasteiger partial charge >= 0.3 is 11.9 Å². The van der Waals surface area contributed by atoms with Crippen LogP contribution in [0.3, 0.4) is 0 Å². The van der Waals surface area contributed by atoms with Crippen molar-refractivity contribution in [2.75, 3.05) is 0 Å². The van der Waals surface area contributed by atoms with Crippen molar-refractivity contribution in [2.24, 2.45) is 46.8 Å². The minimum Gasteiger partial charge on any atom is -0.480 e. The van der Waals surface area contributed by atoms with Crippen LogP contribution in [0.5, 0.6) is 0 Å². The molecule has 4 fully saturated rings. The number of hydrogen-bond acceptors (Lipinski definition) is 2. The van der Waals surface area contributed by atoms with Crippen molar-refractivity contribution < 1.29 is 19.8 Å². The van der Waals surface area contributed by atoms with E-state index in [4.69, 9.17) is 0 Å². The highest BCUT2D eigenvalue weighted by atomic mass is 16.4. The third-order valence-electron chi connectivity index (χ3n) is 8.69. The normalized spacial score (nSPS) is 40.5. The standard InChI is InChI=1S/C21H32O4/c1-2-21(19(22)23,20(24)25)11-18(16-9-12-3-5-14(16)7-12)17-10-13-4-6-15(17)8-13/h12-18H,2-11H2,1H3,(H,22,23)(H,24,25). The monoisotopic (exact) mass is 348 g/mol. The van der Waals surface area contributed by atoms with Gasteiger partial charge in [-0.2, -0.15) is 0 Å². The first-order chi connectivity index (χ1) is 11.9. The number of aliphatic carboxylic acids is 2. The van der Waals surface area contributed by atoms with E-state index in [0.717, 1.165) is 23.7 Å². The van der Waals surface area contributed by atoms with Gasteiger partial charge in [0.05, 0.1) is 0 Å². The molecule has 4 bridgehead atoms. The summed E-state index contributed by atoms with van der Waals surface area (Å²) in [6, 6.07) is 0. The Bertz CT molecular complexity index is 514. The van der Waals surface area contributed by atoms with Crippen molar-refractivity contribution in [3.63, 3.8) is 0 Å². The lowest BCUT2D eigenvalue weighted by Crippen LogP contribution is -2.44. The highest BCUT2D eigenvalue weighted by Crippen LogP contribution is 2.60. The van der Waals surface area contributed by atoms with Crippen molar-refractivity contribution in [2.45, 2.75) is 71.1 Å². The molecule has 2 N–H and O–H groups in total. The molecule has 4 saturated carbocycles. The number of hydrogen-bond donors (Lipinski definition) is 2. The van der Waals surface area contributed by atoms with Gasteiger partial charge in [-0.3, -0.25) is 9.59 Å². The van der Waals surface area contributed by atoms with Crippen LogP contribution in [0, 0.1) is 46.8 Å². The summed E-state index contributed by atoms with van der Waals surface area (Å²) in [7, 11) is 0. The number of carboxylic acid groups (broad SMARTS) is 2. The van der Waals surface area contributed by atoms with Crippen molar-refractivity contribution in [3.05, 3.63) is 0 Å². The summed E-state index contributed by atoms with van der Waals surface area (Å²) >= 11 is 0. The maximum atomic E-state index is 12.0. The zero-order chi connectivity index (χ0) is 17.8. The first kappa shape index (κ1) is 17.4. The van der Waals surface area contributed by atoms with Gasteiger partial charge in [0, 0.05) is 0 Å². The van der Waals surface area contributed by atoms with E-state index in [2.05, 4.69) is 0 Å². The van der Waals surface area contributed by atoms with Gasteiger partial charge < -0.3 is 10.2 Å². The Morgan fingerprint density at radius 1 is 0.880 bits per heavy atom. The molecule has 0 aromatic rings. The van der Waals surface area contributed by atoms with Crippen LogP contribution in [-0.4, -0.2) is 22.2 Å². The third-order valence-corrected chi connectivity index (χ3v) is 8.69. The molecule has 0 aromatic carbocycles. The van der Waals surface area contributed by atoms with E-state index in [0.29, 0.717) is 24.2 Å². The van der Waals surface area contributed by atoms with E-state index >= 15 is 0 Å². The molecule has 4 aliphatic rings. The third kappa shape index (κ3) is 2.71. The lowest BCUT2D eigenvalue weighted by atomic mass is 9.62. The van der Waals surface area contributed by atoms with Crippen molar-refractivity contribution in [1.82, 2.24) is 0 Å². The predicted molar refractivity (Wildman–Crippen MR) is 94.0 cm³/mol. The molecule has 140 valence electrons. The van der Waals surface area contributed by atoms with Gasteiger partial charge in [0.1, 0.15) is 0 Å². The summed E-state index contributed by atoms with van der Waals surface area (Å²) in [5, 5.41) is 19.6. The zero-order valence-electron chi connectivity index (χ0n) is 15.3. The van der Waals surface area contributed by atoms with Gasteiger partial charge in [-0.15, -0.1) is 0 Å². The molecule has 6 atom stereocenters. The topological polar surface area (TPSA) is 74.6 Å². The molecule has 6 unspecified atom stereocenters. The molecular formula is C21H32O4. The molecule has 4 heteroatoms. The fraction of sp³-hybridized carbons (Fsp3) is 0.905. The van der Waals surface area contributed by atoms with Crippen LogP contribution >= 0.6 is 0 Å². The second-order valence-corrected chi connectivity index (χ2v) is 9.59. The summed E-state index contributed by atoms with van der Waals surface area (Å²) in [5.74, 6) is 2.30. The minimum atomic E-state index is -1.59. The maximum Gasteiger partial charge on any atom is 0.321 e. The Balaban J connectivity index is 1.63. The molecule has 4 aliphatic carbocycles. The van der Waals surface area contributed by atoms with Crippen LogP contribution in [0.15, 0.2) is 0 Å². The molecule has 25 heavy (non-hydrogen) atoms. The van der Waals surface area contributed by atoms with Crippen LogP contribution in [-0.2, 0) is 9.59 Å². The minimum absolute atomic E-state index is 0.190. The molecule has 0 heterocycles. The highest BCUT2D eigenvalue weighted by molar-refractivity contribution is 5.98. The quantitative estimate of drug-likeness (QED) is 0.667. The number of carbonyl (C=O) groups is 2. The Morgan fingerprint density at radius 2 is 1.36 bits per heavy atom. The largest absolute Gasteiger partial charge is 0.480 e. The molecule has 0 aliphatic heterocycles. The first-order valence-electron chi connectivity index (χ1n) is 10.4. The van der Waals surface area contributed by atoms with E-state index in [1.165, 1.54) is 51.4 Å². The van der Waals surface area contributed by atoms with Gasteiger partial charge in [0.15, 0.2) is 5.41 Å². The fourth-order valence-electron chi connectivity index (χ4n) is 7.37. The predicted octanol–water partition coefficient (Wildman–Crippen LogP) is 4.43. The highest BCUT2D eigenvalue weighted by Gasteiger charge is 2.55. The van der Waals surface area contributed by atoms with Crippen LogP contribution in [0.2, 0.25) is 0 Å². The Morgan fingerprint density at radius 3 is 1.64 bits per heavy atom. The van der Waals surface area contributed by atoms with Crippen LogP contribution < -0.4 is 0 Å². The molecule has 4 rings (SSSR count). The van der Waals surface area contributed by atoms with Crippen LogP contribution in [0.1, 0.15) is 71.1 Å². The Hall–Kier alpha value is -1.06. The second-order valence-electron chi connectivity index (χ2n) is 9.59. The smallest absolute Gasteiger partial charge is 0.321 e.